The van der Waals surface area contributed by atoms with Crippen molar-refractivity contribution in [3.63, 3.8) is 0 Å². The minimum absolute atomic E-state index is 0.169. The first-order valence-corrected chi connectivity index (χ1v) is 8.33. The van der Waals surface area contributed by atoms with E-state index >= 15 is 0 Å². The van der Waals surface area contributed by atoms with Gasteiger partial charge in [0.2, 0.25) is 0 Å². The lowest BCUT2D eigenvalue weighted by Gasteiger charge is -2.37. The van der Waals surface area contributed by atoms with Gasteiger partial charge in [0.25, 0.3) is 0 Å². The molecule has 1 aliphatic heterocycles. The summed E-state index contributed by atoms with van der Waals surface area (Å²) in [6.07, 6.45) is 1.73. The van der Waals surface area contributed by atoms with Crippen molar-refractivity contribution < 1.29 is 9.47 Å². The molecule has 5 nitrogen and oxygen atoms in total. The van der Waals surface area contributed by atoms with Gasteiger partial charge in [0.05, 0.1) is 13.7 Å². The number of ether oxygens (including phenoxy) is 2. The molecule has 1 aromatic carbocycles. The quantitative estimate of drug-likeness (QED) is 0.639. The second-order valence-electron chi connectivity index (χ2n) is 6.24. The van der Waals surface area contributed by atoms with Crippen molar-refractivity contribution in [2.24, 2.45) is 10.7 Å². The predicted octanol–water partition coefficient (Wildman–Crippen LogP) is 2.71. The van der Waals surface area contributed by atoms with Crippen LogP contribution in [0.5, 0.6) is 5.75 Å². The summed E-state index contributed by atoms with van der Waals surface area (Å²) in [6.45, 7) is 6.04. The molecule has 0 atom stereocenters. The fraction of sp³-hybridized carbons (Fsp3) is 0.588. The van der Waals surface area contributed by atoms with Gasteiger partial charge in [0, 0.05) is 35.3 Å². The Hall–Kier alpha value is -1.46. The van der Waals surface area contributed by atoms with Gasteiger partial charge in [-0.1, -0.05) is 11.6 Å². The van der Waals surface area contributed by atoms with Crippen molar-refractivity contribution in [2.45, 2.75) is 38.1 Å². The SMILES string of the molecule is COc1ccc(Cl)cc1C1(CN=C(N)NC(C)C)CCOCC1. The van der Waals surface area contributed by atoms with E-state index < -0.39 is 0 Å². The number of halogens is 1. The molecule has 0 unspecified atom stereocenters. The van der Waals surface area contributed by atoms with Crippen LogP contribution in [-0.2, 0) is 10.2 Å². The highest BCUT2D eigenvalue weighted by molar-refractivity contribution is 6.30. The average Bonchev–Trinajstić information content (AvgIpc) is 2.53. The third-order valence-electron chi connectivity index (χ3n) is 4.17. The number of guanidine groups is 1. The number of nitrogens with two attached hydrogens (primary N) is 1. The fourth-order valence-corrected chi connectivity index (χ4v) is 3.12. The van der Waals surface area contributed by atoms with Crippen LogP contribution in [0.4, 0.5) is 0 Å². The van der Waals surface area contributed by atoms with Crippen LogP contribution in [0.25, 0.3) is 0 Å². The summed E-state index contributed by atoms with van der Waals surface area (Å²) in [5.74, 6) is 1.30. The molecule has 0 aliphatic carbocycles. The van der Waals surface area contributed by atoms with Gasteiger partial charge in [-0.15, -0.1) is 0 Å². The summed E-state index contributed by atoms with van der Waals surface area (Å²) in [4.78, 5) is 4.57. The topological polar surface area (TPSA) is 68.9 Å². The number of hydrogen-bond acceptors (Lipinski definition) is 3. The van der Waals surface area contributed by atoms with E-state index in [1.54, 1.807) is 7.11 Å². The molecule has 0 bridgehead atoms. The summed E-state index contributed by atoms with van der Waals surface area (Å²) in [6, 6.07) is 5.99. The zero-order valence-corrected chi connectivity index (χ0v) is 14.8. The largest absolute Gasteiger partial charge is 0.496 e. The molecule has 0 amide bonds. The van der Waals surface area contributed by atoms with Gasteiger partial charge >= 0.3 is 0 Å². The number of nitrogens with zero attached hydrogens (tertiary/aromatic N) is 1. The first kappa shape index (κ1) is 17.9. The zero-order valence-electron chi connectivity index (χ0n) is 14.1. The molecule has 6 heteroatoms. The second-order valence-corrected chi connectivity index (χ2v) is 6.67. The first-order chi connectivity index (χ1) is 11.0. The molecule has 3 N–H and O–H groups in total. The Balaban J connectivity index is 2.34. The van der Waals surface area contributed by atoms with Gasteiger partial charge in [-0.2, -0.15) is 0 Å². The minimum atomic E-state index is -0.169. The molecule has 0 radical (unpaired) electrons. The summed E-state index contributed by atoms with van der Waals surface area (Å²) in [5, 5.41) is 3.83. The van der Waals surface area contributed by atoms with Crippen LogP contribution in [0.1, 0.15) is 32.3 Å². The van der Waals surface area contributed by atoms with E-state index in [4.69, 9.17) is 26.8 Å². The standard InChI is InChI=1S/C17H26ClN3O2/c1-12(2)21-16(19)20-11-17(6-8-23-9-7-17)14-10-13(18)4-5-15(14)22-3/h4-5,10,12H,6-9,11H2,1-3H3,(H3,19,20,21). The molecule has 1 fully saturated rings. The highest BCUT2D eigenvalue weighted by Crippen LogP contribution is 2.41. The molecule has 128 valence electrons. The van der Waals surface area contributed by atoms with Crippen LogP contribution < -0.4 is 15.8 Å². The molecular weight excluding hydrogens is 314 g/mol. The van der Waals surface area contributed by atoms with Crippen LogP contribution in [0.2, 0.25) is 5.02 Å². The normalized spacial score (nSPS) is 18.0. The highest BCUT2D eigenvalue weighted by Gasteiger charge is 2.37. The van der Waals surface area contributed by atoms with E-state index in [0.717, 1.165) is 24.2 Å². The van der Waals surface area contributed by atoms with Gasteiger partial charge in [-0.05, 0) is 44.9 Å². The van der Waals surface area contributed by atoms with Crippen molar-refractivity contribution >= 4 is 17.6 Å². The maximum absolute atomic E-state index is 6.23. The van der Waals surface area contributed by atoms with E-state index in [0.29, 0.717) is 30.7 Å². The summed E-state index contributed by atoms with van der Waals surface area (Å²) >= 11 is 6.23. The number of methoxy groups -OCH3 is 1. The lowest BCUT2D eigenvalue weighted by atomic mass is 9.73. The molecule has 23 heavy (non-hydrogen) atoms. The van der Waals surface area contributed by atoms with Gasteiger partial charge in [-0.25, -0.2) is 0 Å². The number of nitrogens with one attached hydrogen (secondary N) is 1. The smallest absolute Gasteiger partial charge is 0.188 e. The molecular formula is C17H26ClN3O2. The Morgan fingerprint density at radius 3 is 2.74 bits per heavy atom. The highest BCUT2D eigenvalue weighted by atomic mass is 35.5. The number of benzene rings is 1. The third-order valence-corrected chi connectivity index (χ3v) is 4.41. The monoisotopic (exact) mass is 339 g/mol. The minimum Gasteiger partial charge on any atom is -0.496 e. The molecule has 0 saturated carbocycles. The van der Waals surface area contributed by atoms with Crippen LogP contribution in [-0.4, -0.2) is 38.9 Å². The van der Waals surface area contributed by atoms with Crippen LogP contribution in [0.15, 0.2) is 23.2 Å². The molecule has 0 spiro atoms. The molecule has 1 aliphatic rings. The Morgan fingerprint density at radius 2 is 2.13 bits per heavy atom. The van der Waals surface area contributed by atoms with Crippen molar-refractivity contribution in [1.82, 2.24) is 5.32 Å². The van der Waals surface area contributed by atoms with E-state index in [1.165, 1.54) is 0 Å². The average molecular weight is 340 g/mol. The number of rotatable bonds is 5. The van der Waals surface area contributed by atoms with Crippen LogP contribution in [0, 0.1) is 0 Å². The van der Waals surface area contributed by atoms with E-state index in [2.05, 4.69) is 10.3 Å². The molecule has 0 aromatic heterocycles. The van der Waals surface area contributed by atoms with Gasteiger partial charge in [0.15, 0.2) is 5.96 Å². The molecule has 1 saturated heterocycles. The van der Waals surface area contributed by atoms with E-state index in [1.807, 2.05) is 32.0 Å². The Morgan fingerprint density at radius 1 is 1.43 bits per heavy atom. The predicted molar refractivity (Wildman–Crippen MR) is 94.5 cm³/mol. The van der Waals surface area contributed by atoms with E-state index in [-0.39, 0.29) is 11.5 Å². The van der Waals surface area contributed by atoms with Crippen molar-refractivity contribution in [3.8, 4) is 5.75 Å². The van der Waals surface area contributed by atoms with Crippen molar-refractivity contribution in [1.29, 1.82) is 0 Å². The van der Waals surface area contributed by atoms with Crippen molar-refractivity contribution in [2.75, 3.05) is 26.9 Å². The van der Waals surface area contributed by atoms with Gasteiger partial charge < -0.3 is 20.5 Å². The van der Waals surface area contributed by atoms with Crippen molar-refractivity contribution in [3.05, 3.63) is 28.8 Å². The molecule has 1 heterocycles. The number of hydrogen-bond donors (Lipinski definition) is 2. The lowest BCUT2D eigenvalue weighted by Crippen LogP contribution is -2.41. The molecule has 1 aromatic rings. The lowest BCUT2D eigenvalue weighted by molar-refractivity contribution is 0.0523. The summed E-state index contributed by atoms with van der Waals surface area (Å²) in [7, 11) is 1.68. The van der Waals surface area contributed by atoms with Crippen LogP contribution >= 0.6 is 11.6 Å². The third kappa shape index (κ3) is 4.52. The Bertz CT molecular complexity index is 555. The fourth-order valence-electron chi connectivity index (χ4n) is 2.95. The zero-order chi connectivity index (χ0) is 16.9. The number of aliphatic imine (C=N–C) groups is 1. The summed E-state index contributed by atoms with van der Waals surface area (Å²) < 4.78 is 11.1. The maximum atomic E-state index is 6.23. The first-order valence-electron chi connectivity index (χ1n) is 7.95. The van der Waals surface area contributed by atoms with Gasteiger partial charge in [-0.3, -0.25) is 4.99 Å². The Kier molecular flexibility index (Phi) is 6.13. The Labute approximate surface area is 143 Å². The molecule has 2 rings (SSSR count). The maximum Gasteiger partial charge on any atom is 0.188 e. The van der Waals surface area contributed by atoms with Gasteiger partial charge in [0.1, 0.15) is 5.75 Å². The second kappa shape index (κ2) is 7.88. The van der Waals surface area contributed by atoms with E-state index in [9.17, 15) is 0 Å². The van der Waals surface area contributed by atoms with Crippen LogP contribution in [0.3, 0.4) is 0 Å². The summed E-state index contributed by atoms with van der Waals surface area (Å²) in [5.41, 5.74) is 6.89.